The maximum absolute atomic E-state index is 15.0. The number of halogens is 4. The Morgan fingerprint density at radius 2 is 1.16 bits per heavy atom. The zero-order valence-electron chi connectivity index (χ0n) is 56.2. The maximum Gasteiger partial charge on any atom is 0.417 e. The highest BCUT2D eigenvalue weighted by atomic mass is 35.5. The molecule has 2 saturated heterocycles. The normalized spacial score (nSPS) is 25.7. The Morgan fingerprint density at radius 3 is 1.69 bits per heavy atom. The molecule has 0 radical (unpaired) electrons. The Bertz CT molecular complexity index is 2980. The van der Waals surface area contributed by atoms with Crippen molar-refractivity contribution in [3.05, 3.63) is 69.7 Å². The van der Waals surface area contributed by atoms with Gasteiger partial charge in [-0.1, -0.05) is 95.5 Å². The quantitative estimate of drug-likeness (QED) is 0.233. The van der Waals surface area contributed by atoms with E-state index in [2.05, 4.69) is 21.3 Å². The lowest BCUT2D eigenvalue weighted by Gasteiger charge is -2.44. The van der Waals surface area contributed by atoms with Crippen LogP contribution in [0.15, 0.2) is 42.5 Å². The molecular formula is C65H97ClF3N11O11. The second-order valence-corrected chi connectivity index (χ2v) is 26.5. The third-order valence-corrected chi connectivity index (χ3v) is 18.3. The summed E-state index contributed by atoms with van der Waals surface area (Å²) in [5, 5.41) is 10.5. The number of benzene rings is 2. The van der Waals surface area contributed by atoms with Crippen molar-refractivity contribution in [1.82, 2.24) is 55.6 Å². The fourth-order valence-corrected chi connectivity index (χ4v) is 11.0. The summed E-state index contributed by atoms with van der Waals surface area (Å²) in [6.07, 6.45) is -4.66. The first-order valence-electron chi connectivity index (χ1n) is 31.2. The number of carbonyl (C=O) groups excluding carboxylic acids is 11. The molecule has 506 valence electrons. The fourth-order valence-electron chi connectivity index (χ4n) is 10.7. The Labute approximate surface area is 539 Å². The lowest BCUT2D eigenvalue weighted by atomic mass is 9.95. The highest BCUT2D eigenvalue weighted by Crippen LogP contribution is 2.35. The number of nitrogens with one attached hydrogen (secondary N) is 4. The molecule has 0 aromatic heterocycles. The Kier molecular flexibility index (Phi) is 27.0. The van der Waals surface area contributed by atoms with Gasteiger partial charge in [-0.25, -0.2) is 0 Å². The average Bonchev–Trinajstić information content (AvgIpc) is 0.859. The minimum atomic E-state index is -4.77. The van der Waals surface area contributed by atoms with Gasteiger partial charge in [0.2, 0.25) is 65.0 Å². The van der Waals surface area contributed by atoms with Crippen LogP contribution in [0.1, 0.15) is 137 Å². The van der Waals surface area contributed by atoms with Gasteiger partial charge in [-0.2, -0.15) is 13.2 Å². The predicted molar refractivity (Wildman–Crippen MR) is 338 cm³/mol. The van der Waals surface area contributed by atoms with E-state index in [1.807, 2.05) is 39.8 Å². The van der Waals surface area contributed by atoms with Gasteiger partial charge in [0.1, 0.15) is 53.9 Å². The molecule has 4 N–H and O–H groups in total. The third-order valence-electron chi connectivity index (χ3n) is 18.0. The molecule has 2 aliphatic rings. The molecule has 22 nitrogen and oxygen atoms in total. The summed E-state index contributed by atoms with van der Waals surface area (Å²) in [5.74, 6) is -8.35. The number of carbonyl (C=O) groups is 11. The largest absolute Gasteiger partial charge is 0.417 e. The molecule has 2 aliphatic heterocycles. The topological polar surface area (TPSA) is 259 Å². The second kappa shape index (κ2) is 32.3. The van der Waals surface area contributed by atoms with Crippen LogP contribution in [0.3, 0.4) is 0 Å². The van der Waals surface area contributed by atoms with Gasteiger partial charge in [0.05, 0.1) is 17.1 Å². The van der Waals surface area contributed by atoms with Crippen molar-refractivity contribution >= 4 is 76.6 Å². The highest BCUT2D eigenvalue weighted by molar-refractivity contribution is 6.31. The van der Waals surface area contributed by atoms with E-state index in [-0.39, 0.29) is 68.9 Å². The van der Waals surface area contributed by atoms with Crippen molar-refractivity contribution in [3.8, 4) is 0 Å². The molecule has 0 aliphatic carbocycles. The number of hydrogen-bond donors (Lipinski definition) is 4. The smallest absolute Gasteiger partial charge is 0.343 e. The van der Waals surface area contributed by atoms with Crippen LogP contribution in [-0.4, -0.2) is 215 Å². The van der Waals surface area contributed by atoms with Crippen LogP contribution in [0.2, 0.25) is 5.02 Å². The average molecular weight is 1300 g/mol. The number of rotatable bonds is 11. The predicted octanol–water partition coefficient (Wildman–Crippen LogP) is 4.99. The molecule has 10 atom stereocenters. The van der Waals surface area contributed by atoms with E-state index in [0.29, 0.717) is 12.0 Å². The SMILES string of the molecule is CCC(C)[C@@H]1NC(=O)[C@H](C)N(C)C(=O)C[C@@H](C)N(C)C(=O)[C@H](CC(C)C)NC(=O)C(C)(C)N(C)C(=O)[C@H](CC(C)C)NC(=O)[C@H](CCc2ccc(C(F)(F)F)c(Cl)c2)NC(=O)[C@@H](C)N(C)C(=O)[C@H](Cc2ccc(C)cc2)N(C)C(=O)[C@@H]2CCN2C(=O)CN(C)C1=O. The van der Waals surface area contributed by atoms with Crippen LogP contribution in [0, 0.1) is 24.7 Å². The van der Waals surface area contributed by atoms with E-state index < -0.39 is 154 Å². The van der Waals surface area contributed by atoms with Gasteiger partial charge in [-0.15, -0.1) is 0 Å². The molecule has 2 fully saturated rings. The molecule has 1 unspecified atom stereocenters. The molecule has 2 aromatic carbocycles. The summed E-state index contributed by atoms with van der Waals surface area (Å²) >= 11 is 6.11. The van der Waals surface area contributed by atoms with Crippen LogP contribution in [-0.2, 0) is 71.8 Å². The third kappa shape index (κ3) is 19.6. The van der Waals surface area contributed by atoms with Gasteiger partial charge in [0.25, 0.3) is 0 Å². The molecule has 2 heterocycles. The molecule has 0 bridgehead atoms. The zero-order valence-corrected chi connectivity index (χ0v) is 56.9. The summed E-state index contributed by atoms with van der Waals surface area (Å²) in [7, 11) is 8.39. The van der Waals surface area contributed by atoms with Crippen LogP contribution in [0.5, 0.6) is 0 Å². The summed E-state index contributed by atoms with van der Waals surface area (Å²) < 4.78 is 41.4. The van der Waals surface area contributed by atoms with E-state index in [1.165, 1.54) is 95.6 Å². The lowest BCUT2D eigenvalue weighted by Crippen LogP contribution is -2.64. The summed E-state index contributed by atoms with van der Waals surface area (Å²) in [5.41, 5.74) is -0.964. The number of hydrogen-bond acceptors (Lipinski definition) is 11. The van der Waals surface area contributed by atoms with Gasteiger partial charge in [-0.05, 0) is 115 Å². The number of nitrogens with zero attached hydrogens (tertiary/aromatic N) is 7. The molecule has 91 heavy (non-hydrogen) atoms. The first-order chi connectivity index (χ1) is 42.2. The Balaban J connectivity index is 1.84. The van der Waals surface area contributed by atoms with Crippen LogP contribution < -0.4 is 21.3 Å². The molecule has 0 saturated carbocycles. The zero-order chi connectivity index (χ0) is 69.1. The van der Waals surface area contributed by atoms with Gasteiger partial charge >= 0.3 is 6.18 Å². The number of likely N-dealkylation sites (N-methyl/N-ethyl adjacent to an activating group) is 6. The van der Waals surface area contributed by atoms with Crippen LogP contribution in [0.25, 0.3) is 0 Å². The molecular weight excluding hydrogens is 1200 g/mol. The minimum absolute atomic E-state index is 0.0145. The minimum Gasteiger partial charge on any atom is -0.343 e. The first-order valence-corrected chi connectivity index (χ1v) is 31.5. The molecule has 0 spiro atoms. The Morgan fingerprint density at radius 1 is 0.626 bits per heavy atom. The maximum atomic E-state index is 15.0. The summed E-state index contributed by atoms with van der Waals surface area (Å²) in [6, 6.07) is -0.472. The Hall–Kier alpha value is -7.31. The van der Waals surface area contributed by atoms with E-state index in [9.17, 15) is 65.9 Å². The van der Waals surface area contributed by atoms with Gasteiger partial charge in [0.15, 0.2) is 0 Å². The number of amides is 11. The van der Waals surface area contributed by atoms with E-state index in [0.717, 1.165) is 32.4 Å². The summed E-state index contributed by atoms with van der Waals surface area (Å²) in [4.78, 5) is 168. The summed E-state index contributed by atoms with van der Waals surface area (Å²) in [6.45, 7) is 19.8. The van der Waals surface area contributed by atoms with Crippen molar-refractivity contribution in [1.29, 1.82) is 0 Å². The van der Waals surface area contributed by atoms with Gasteiger partial charge < -0.3 is 55.6 Å². The van der Waals surface area contributed by atoms with Crippen molar-refractivity contribution < 1.29 is 65.9 Å². The lowest BCUT2D eigenvalue weighted by molar-refractivity contribution is -0.158. The van der Waals surface area contributed by atoms with Crippen molar-refractivity contribution in [2.75, 3.05) is 55.4 Å². The monoisotopic (exact) mass is 1300 g/mol. The molecule has 11 amide bonds. The molecule has 26 heteroatoms. The standard InChI is InChI=1S/C65H97ClF3N11O11/c1-19-39(7)54-62(90)74(13)35-53(82)80-29-28-50(80)60(88)78(17)51(34-44-22-20-38(6)21-23-44)61(89)77(16)42(10)55(83)70-47(27-25-43-24-26-45(46(66)33-43)65(67,68)69)57(85)71-49(31-37(4)5)59(87)79(18)64(11,12)63(91)72-48(30-36(2)3)58(86)75(14)40(8)32-52(81)76(15)41(9)56(84)73-54/h20-24,26,33,36-37,39-42,47-51,54H,19,25,27-32,34-35H2,1-18H3,(H,70,83)(H,71,85)(H,72,91)(H,73,84)/t39?,40-,41+,42-,47+,48+,49+,50+,51+,54+/m1/s1. The molecule has 4 rings (SSSR count). The second-order valence-electron chi connectivity index (χ2n) is 26.1. The van der Waals surface area contributed by atoms with Crippen molar-refractivity contribution in [2.24, 2.45) is 17.8 Å². The number of aryl methyl sites for hydroxylation is 2. The van der Waals surface area contributed by atoms with E-state index in [4.69, 9.17) is 11.6 Å². The van der Waals surface area contributed by atoms with Crippen molar-refractivity contribution in [3.63, 3.8) is 0 Å². The number of fused-ring (bicyclic) bond motifs is 1. The van der Waals surface area contributed by atoms with E-state index >= 15 is 0 Å². The van der Waals surface area contributed by atoms with E-state index in [1.54, 1.807) is 39.8 Å². The van der Waals surface area contributed by atoms with Gasteiger partial charge in [0, 0.05) is 67.7 Å². The van der Waals surface area contributed by atoms with Crippen molar-refractivity contribution in [2.45, 2.75) is 201 Å². The molecule has 2 aromatic rings. The van der Waals surface area contributed by atoms with Crippen LogP contribution >= 0.6 is 11.6 Å². The number of alkyl halides is 3. The van der Waals surface area contributed by atoms with Crippen LogP contribution in [0.4, 0.5) is 13.2 Å². The van der Waals surface area contributed by atoms with Gasteiger partial charge in [-0.3, -0.25) is 52.7 Å². The first kappa shape index (κ1) is 76.1. The highest BCUT2D eigenvalue weighted by Gasteiger charge is 2.46. The fraction of sp³-hybridized carbons (Fsp3) is 0.646.